The number of nitrogens with zero attached hydrogens (tertiary/aromatic N) is 1. The van der Waals surface area contributed by atoms with Crippen LogP contribution in [0.25, 0.3) is 0 Å². The van der Waals surface area contributed by atoms with Crippen molar-refractivity contribution in [1.29, 1.82) is 0 Å². The lowest BCUT2D eigenvalue weighted by Gasteiger charge is -2.25. The molecule has 12 heteroatoms. The number of benzene rings is 3. The zero-order valence-corrected chi connectivity index (χ0v) is 30.2. The molecule has 0 bridgehead atoms. The average molecular weight is 699 g/mol. The molecular weight excluding hydrogens is 648 g/mol. The molecule has 12 nitrogen and oxygen atoms in total. The molecule has 3 aromatic rings. The molecule has 5 atom stereocenters. The third-order valence-corrected chi connectivity index (χ3v) is 8.68. The lowest BCUT2D eigenvalue weighted by atomic mass is 10.0. The zero-order chi connectivity index (χ0) is 37.1. The van der Waals surface area contributed by atoms with Crippen molar-refractivity contribution in [2.75, 3.05) is 24.5 Å². The van der Waals surface area contributed by atoms with Gasteiger partial charge in [-0.05, 0) is 69.4 Å². The van der Waals surface area contributed by atoms with Crippen molar-refractivity contribution in [2.45, 2.75) is 78.2 Å². The summed E-state index contributed by atoms with van der Waals surface area (Å²) in [5.41, 5.74) is 2.64. The van der Waals surface area contributed by atoms with Crippen LogP contribution in [0, 0.1) is 5.92 Å². The molecule has 5 N–H and O–H groups in total. The van der Waals surface area contributed by atoms with Crippen LogP contribution in [0.3, 0.4) is 0 Å². The van der Waals surface area contributed by atoms with Crippen LogP contribution in [-0.4, -0.2) is 73.6 Å². The molecule has 5 amide bonds. The molecule has 1 unspecified atom stereocenters. The number of nitrogens with one attached hydrogen (secondary N) is 5. The van der Waals surface area contributed by atoms with Gasteiger partial charge in [0.05, 0.1) is 18.6 Å². The second-order valence-electron chi connectivity index (χ2n) is 13.3. The van der Waals surface area contributed by atoms with E-state index in [1.165, 1.54) is 11.0 Å². The zero-order valence-electron chi connectivity index (χ0n) is 30.2. The van der Waals surface area contributed by atoms with Crippen LogP contribution in [0.4, 0.5) is 10.5 Å². The van der Waals surface area contributed by atoms with Gasteiger partial charge in [-0.2, -0.15) is 0 Å². The van der Waals surface area contributed by atoms with E-state index in [0.29, 0.717) is 18.7 Å². The smallest absolute Gasteiger partial charge is 0.414 e. The van der Waals surface area contributed by atoms with Crippen molar-refractivity contribution >= 4 is 35.4 Å². The number of ether oxygens (including phenoxy) is 1. The highest BCUT2D eigenvalue weighted by Crippen LogP contribution is 2.25. The number of cyclic esters (lactones) is 1. The van der Waals surface area contributed by atoms with Crippen LogP contribution < -0.4 is 31.5 Å². The number of carbonyl (C=O) groups is 5. The second-order valence-corrected chi connectivity index (χ2v) is 13.3. The van der Waals surface area contributed by atoms with E-state index in [4.69, 9.17) is 4.74 Å². The Kier molecular flexibility index (Phi) is 13.7. The molecule has 0 aromatic heterocycles. The Morgan fingerprint density at radius 1 is 0.824 bits per heavy atom. The Balaban J connectivity index is 1.56. The minimum Gasteiger partial charge on any atom is -0.444 e. The standard InChI is InChI=1S/C39H50N6O6/c1-7-40-38(49)34(24(2)3)44-35(46)27(6)41-22-32(18-28-14-10-8-11-15-28)43-37(48)31-19-30(20-33(21-31)45-23-25(4)51-39(45)50)36(47)42-26(5)29-16-12-9-13-17-29/h8-17,19-21,24-27,32,34,41H,7,18,22-23H2,1-6H3,(H,40,49)(H,42,47)(H,43,48)(H,44,46)/t25?,26-,27+,32+,34+/m1/s1. The number of hydrogen-bond donors (Lipinski definition) is 5. The number of hydrogen-bond acceptors (Lipinski definition) is 7. The van der Waals surface area contributed by atoms with Crippen LogP contribution in [0.15, 0.2) is 78.9 Å². The second kappa shape index (κ2) is 18.1. The molecule has 0 saturated carbocycles. The molecular formula is C39H50N6O6. The van der Waals surface area contributed by atoms with E-state index >= 15 is 0 Å². The SMILES string of the molecule is CCNC(=O)[C@@H](NC(=O)[C@H](C)NC[C@H](Cc1ccccc1)NC(=O)c1cc(C(=O)N[C@H](C)c2ccccc2)cc(N2CC(C)OC2=O)c1)C(C)C. The fourth-order valence-electron chi connectivity index (χ4n) is 5.80. The first-order chi connectivity index (χ1) is 24.4. The normalized spacial score (nSPS) is 16.4. The van der Waals surface area contributed by atoms with Gasteiger partial charge in [-0.25, -0.2) is 4.79 Å². The Hall–Kier alpha value is -5.23. The Labute approximate surface area is 300 Å². The summed E-state index contributed by atoms with van der Waals surface area (Å²) >= 11 is 0. The van der Waals surface area contributed by atoms with Gasteiger partial charge in [0, 0.05) is 35.9 Å². The molecule has 0 radical (unpaired) electrons. The molecule has 1 heterocycles. The number of carbonyl (C=O) groups excluding carboxylic acids is 5. The van der Waals surface area contributed by atoms with Crippen molar-refractivity contribution in [3.8, 4) is 0 Å². The lowest BCUT2D eigenvalue weighted by Crippen LogP contribution is -2.55. The van der Waals surface area contributed by atoms with Crippen LogP contribution in [0.5, 0.6) is 0 Å². The summed E-state index contributed by atoms with van der Waals surface area (Å²) in [4.78, 5) is 67.4. The maximum atomic E-state index is 14.0. The Bertz CT molecular complexity index is 1670. The molecule has 4 rings (SSSR count). The summed E-state index contributed by atoms with van der Waals surface area (Å²) in [6.45, 7) is 11.8. The summed E-state index contributed by atoms with van der Waals surface area (Å²) in [7, 11) is 0. The van der Waals surface area contributed by atoms with Gasteiger partial charge in [0.2, 0.25) is 11.8 Å². The van der Waals surface area contributed by atoms with E-state index in [1.54, 1.807) is 26.0 Å². The van der Waals surface area contributed by atoms with E-state index in [-0.39, 0.29) is 54.1 Å². The summed E-state index contributed by atoms with van der Waals surface area (Å²) in [5, 5.41) is 14.9. The first kappa shape index (κ1) is 38.6. The third-order valence-electron chi connectivity index (χ3n) is 8.68. The molecule has 51 heavy (non-hydrogen) atoms. The fourth-order valence-corrected chi connectivity index (χ4v) is 5.80. The van der Waals surface area contributed by atoms with Crippen LogP contribution in [0.1, 0.15) is 79.4 Å². The van der Waals surface area contributed by atoms with Gasteiger partial charge in [-0.3, -0.25) is 24.1 Å². The van der Waals surface area contributed by atoms with E-state index in [0.717, 1.165) is 11.1 Å². The molecule has 272 valence electrons. The monoisotopic (exact) mass is 698 g/mol. The first-order valence-electron chi connectivity index (χ1n) is 17.5. The third kappa shape index (κ3) is 10.9. The summed E-state index contributed by atoms with van der Waals surface area (Å²) < 4.78 is 5.34. The molecule has 1 aliphatic rings. The lowest BCUT2D eigenvalue weighted by molar-refractivity contribution is -0.130. The van der Waals surface area contributed by atoms with Crippen LogP contribution in [-0.2, 0) is 20.7 Å². The minimum absolute atomic E-state index is 0.118. The van der Waals surface area contributed by atoms with Crippen LogP contribution in [0.2, 0.25) is 0 Å². The Morgan fingerprint density at radius 2 is 1.43 bits per heavy atom. The Morgan fingerprint density at radius 3 is 2.00 bits per heavy atom. The summed E-state index contributed by atoms with van der Waals surface area (Å²) in [6.07, 6.45) is -0.476. The quantitative estimate of drug-likeness (QED) is 0.151. The molecule has 0 spiro atoms. The highest BCUT2D eigenvalue weighted by Gasteiger charge is 2.31. The van der Waals surface area contributed by atoms with Crippen molar-refractivity contribution in [1.82, 2.24) is 26.6 Å². The molecule has 1 saturated heterocycles. The number of anilines is 1. The molecule has 1 aliphatic heterocycles. The van der Waals surface area contributed by atoms with E-state index < -0.39 is 36.0 Å². The summed E-state index contributed by atoms with van der Waals surface area (Å²) in [5.74, 6) is -1.57. The van der Waals surface area contributed by atoms with Gasteiger partial charge < -0.3 is 31.3 Å². The highest BCUT2D eigenvalue weighted by molar-refractivity contribution is 6.03. The predicted molar refractivity (Wildman–Crippen MR) is 196 cm³/mol. The summed E-state index contributed by atoms with van der Waals surface area (Å²) in [6, 6.07) is 21.6. The molecule has 3 aromatic carbocycles. The van der Waals surface area contributed by atoms with Crippen molar-refractivity contribution in [3.05, 3.63) is 101 Å². The average Bonchev–Trinajstić information content (AvgIpc) is 3.46. The predicted octanol–water partition coefficient (Wildman–Crippen LogP) is 4.12. The topological polar surface area (TPSA) is 158 Å². The first-order valence-corrected chi connectivity index (χ1v) is 17.5. The number of likely N-dealkylation sites (N-methyl/N-ethyl adjacent to an activating group) is 1. The van der Waals surface area contributed by atoms with Gasteiger partial charge in [0.1, 0.15) is 12.1 Å². The van der Waals surface area contributed by atoms with Crippen molar-refractivity contribution in [2.24, 2.45) is 5.92 Å². The molecule has 1 fully saturated rings. The van der Waals surface area contributed by atoms with E-state index in [9.17, 15) is 24.0 Å². The van der Waals surface area contributed by atoms with Gasteiger partial charge in [0.25, 0.3) is 11.8 Å². The van der Waals surface area contributed by atoms with Crippen molar-refractivity contribution < 1.29 is 28.7 Å². The van der Waals surface area contributed by atoms with Gasteiger partial charge in [0.15, 0.2) is 0 Å². The maximum absolute atomic E-state index is 14.0. The van der Waals surface area contributed by atoms with E-state index in [2.05, 4.69) is 26.6 Å². The van der Waals surface area contributed by atoms with E-state index in [1.807, 2.05) is 88.4 Å². The van der Waals surface area contributed by atoms with Gasteiger partial charge in [-0.15, -0.1) is 0 Å². The van der Waals surface area contributed by atoms with Crippen LogP contribution >= 0.6 is 0 Å². The number of amides is 5. The largest absolute Gasteiger partial charge is 0.444 e. The van der Waals surface area contributed by atoms with Gasteiger partial charge in [-0.1, -0.05) is 74.5 Å². The molecule has 0 aliphatic carbocycles. The number of rotatable bonds is 16. The maximum Gasteiger partial charge on any atom is 0.414 e. The van der Waals surface area contributed by atoms with Crippen molar-refractivity contribution in [3.63, 3.8) is 0 Å². The van der Waals surface area contributed by atoms with Gasteiger partial charge >= 0.3 is 6.09 Å². The minimum atomic E-state index is -0.688. The fraction of sp³-hybridized carbons (Fsp3) is 0.410. The highest BCUT2D eigenvalue weighted by atomic mass is 16.6.